The van der Waals surface area contributed by atoms with Gasteiger partial charge in [0, 0.05) is 66.2 Å². The van der Waals surface area contributed by atoms with Crippen molar-refractivity contribution in [1.82, 2.24) is 19.7 Å². The summed E-state index contributed by atoms with van der Waals surface area (Å²) in [5.41, 5.74) is 5.19. The maximum absolute atomic E-state index is 11.7. The SMILES string of the molecule is CC(C)c1ccc(N2CC(CS(C)(=O)=O)C2)c2cnc(Nc3ccnc(-c4cnn(C5CC5)c4)c3)cc12. The lowest BCUT2D eigenvalue weighted by molar-refractivity contribution is 0.445. The van der Waals surface area contributed by atoms with Crippen molar-refractivity contribution >= 4 is 37.8 Å². The molecular formula is C28H32N6O2S. The average Bonchev–Trinajstić information content (AvgIpc) is 3.56. The Morgan fingerprint density at radius 3 is 2.59 bits per heavy atom. The summed E-state index contributed by atoms with van der Waals surface area (Å²) >= 11 is 0. The number of sulfone groups is 1. The van der Waals surface area contributed by atoms with Crippen LogP contribution in [0.15, 0.2) is 55.1 Å². The van der Waals surface area contributed by atoms with Crippen LogP contribution in [0, 0.1) is 5.92 Å². The molecule has 37 heavy (non-hydrogen) atoms. The monoisotopic (exact) mass is 516 g/mol. The van der Waals surface area contributed by atoms with Gasteiger partial charge in [0.25, 0.3) is 0 Å². The van der Waals surface area contributed by atoms with Crippen LogP contribution in [0.25, 0.3) is 22.0 Å². The molecule has 8 nitrogen and oxygen atoms in total. The molecule has 1 aliphatic heterocycles. The van der Waals surface area contributed by atoms with E-state index in [0.717, 1.165) is 52.3 Å². The Balaban J connectivity index is 1.27. The number of nitrogens with one attached hydrogen (secondary N) is 1. The van der Waals surface area contributed by atoms with Crippen molar-refractivity contribution in [2.75, 3.05) is 35.3 Å². The normalized spacial score (nSPS) is 16.4. The molecule has 1 saturated carbocycles. The fourth-order valence-corrected chi connectivity index (χ4v) is 6.28. The topological polar surface area (TPSA) is 93.0 Å². The number of rotatable bonds is 8. The van der Waals surface area contributed by atoms with Crippen molar-refractivity contribution in [3.8, 4) is 11.3 Å². The molecule has 1 N–H and O–H groups in total. The second-order valence-electron chi connectivity index (χ2n) is 10.8. The van der Waals surface area contributed by atoms with Gasteiger partial charge in [-0.3, -0.25) is 9.67 Å². The van der Waals surface area contributed by atoms with Gasteiger partial charge in [-0.05, 0) is 54.0 Å². The number of hydrogen-bond donors (Lipinski definition) is 1. The van der Waals surface area contributed by atoms with Gasteiger partial charge in [0.2, 0.25) is 0 Å². The van der Waals surface area contributed by atoms with Gasteiger partial charge in [0.15, 0.2) is 0 Å². The maximum atomic E-state index is 11.7. The highest BCUT2D eigenvalue weighted by atomic mass is 32.2. The smallest absolute Gasteiger partial charge is 0.147 e. The minimum Gasteiger partial charge on any atom is -0.370 e. The Labute approximate surface area is 217 Å². The summed E-state index contributed by atoms with van der Waals surface area (Å²) in [4.78, 5) is 11.6. The number of anilines is 3. The summed E-state index contributed by atoms with van der Waals surface area (Å²) in [5.74, 6) is 1.56. The summed E-state index contributed by atoms with van der Waals surface area (Å²) in [6.45, 7) is 5.90. The van der Waals surface area contributed by atoms with E-state index in [0.29, 0.717) is 12.0 Å². The Hall–Kier alpha value is -3.46. The predicted molar refractivity (Wildman–Crippen MR) is 148 cm³/mol. The van der Waals surface area contributed by atoms with Crippen LogP contribution in [0.3, 0.4) is 0 Å². The van der Waals surface area contributed by atoms with Gasteiger partial charge in [0.05, 0.1) is 23.7 Å². The summed E-state index contributed by atoms with van der Waals surface area (Å²) < 4.78 is 25.4. The first-order valence-corrected chi connectivity index (χ1v) is 14.9. The Morgan fingerprint density at radius 2 is 1.86 bits per heavy atom. The fraction of sp³-hybridized carbons (Fsp3) is 0.393. The summed E-state index contributed by atoms with van der Waals surface area (Å²) in [6, 6.07) is 11.0. The lowest BCUT2D eigenvalue weighted by Gasteiger charge is -2.41. The third kappa shape index (κ3) is 5.05. The zero-order valence-corrected chi connectivity index (χ0v) is 22.2. The van der Waals surface area contributed by atoms with Crippen LogP contribution in [0.2, 0.25) is 0 Å². The molecule has 2 aliphatic rings. The van der Waals surface area contributed by atoms with Gasteiger partial charge in [-0.1, -0.05) is 19.9 Å². The lowest BCUT2D eigenvalue weighted by Crippen LogP contribution is -2.49. The van der Waals surface area contributed by atoms with E-state index in [2.05, 4.69) is 58.5 Å². The first-order valence-electron chi connectivity index (χ1n) is 12.9. The van der Waals surface area contributed by atoms with Crippen molar-refractivity contribution < 1.29 is 8.42 Å². The van der Waals surface area contributed by atoms with Crippen molar-refractivity contribution in [3.05, 3.63) is 60.7 Å². The highest BCUT2D eigenvalue weighted by Crippen LogP contribution is 2.38. The number of fused-ring (bicyclic) bond motifs is 1. The molecule has 6 rings (SSSR count). The zero-order valence-electron chi connectivity index (χ0n) is 21.4. The van der Waals surface area contributed by atoms with Crippen LogP contribution < -0.4 is 10.2 Å². The van der Waals surface area contributed by atoms with E-state index in [-0.39, 0.29) is 11.7 Å². The van der Waals surface area contributed by atoms with Crippen LogP contribution in [0.1, 0.15) is 44.2 Å². The average molecular weight is 517 g/mol. The number of nitrogens with zero attached hydrogens (tertiary/aromatic N) is 5. The van der Waals surface area contributed by atoms with Crippen molar-refractivity contribution in [2.45, 2.75) is 38.6 Å². The number of aromatic nitrogens is 4. The number of benzene rings is 1. The van der Waals surface area contributed by atoms with E-state index in [9.17, 15) is 8.42 Å². The summed E-state index contributed by atoms with van der Waals surface area (Å²) in [5, 5.41) is 10.2. The second kappa shape index (κ2) is 9.13. The van der Waals surface area contributed by atoms with Gasteiger partial charge >= 0.3 is 0 Å². The molecule has 1 saturated heterocycles. The molecule has 0 bridgehead atoms. The highest BCUT2D eigenvalue weighted by molar-refractivity contribution is 7.90. The van der Waals surface area contributed by atoms with Crippen molar-refractivity contribution in [3.63, 3.8) is 0 Å². The molecule has 1 aliphatic carbocycles. The molecular weight excluding hydrogens is 484 g/mol. The minimum absolute atomic E-state index is 0.181. The molecule has 1 aromatic carbocycles. The molecule has 3 aromatic heterocycles. The maximum Gasteiger partial charge on any atom is 0.147 e. The summed E-state index contributed by atoms with van der Waals surface area (Å²) in [7, 11) is -2.96. The van der Waals surface area contributed by atoms with E-state index in [1.165, 1.54) is 24.7 Å². The molecule has 9 heteroatoms. The third-order valence-corrected chi connectivity index (χ3v) is 8.30. The third-order valence-electron chi connectivity index (χ3n) is 7.22. The minimum atomic E-state index is -2.96. The largest absolute Gasteiger partial charge is 0.370 e. The van der Waals surface area contributed by atoms with E-state index in [1.54, 1.807) is 0 Å². The number of pyridine rings is 2. The Kier molecular flexibility index (Phi) is 5.90. The number of hydrogen-bond acceptors (Lipinski definition) is 7. The summed E-state index contributed by atoms with van der Waals surface area (Å²) in [6.07, 6.45) is 11.4. The van der Waals surface area contributed by atoms with Crippen LogP contribution in [0.5, 0.6) is 0 Å². The molecule has 0 unspecified atom stereocenters. The Bertz CT molecular complexity index is 1570. The highest BCUT2D eigenvalue weighted by Gasteiger charge is 2.31. The molecule has 2 fully saturated rings. The van der Waals surface area contributed by atoms with Crippen molar-refractivity contribution in [1.29, 1.82) is 0 Å². The molecule has 0 amide bonds. The standard InChI is InChI=1S/C28H32N6O2S/c1-18(2)23-6-7-27(33-14-19(15-33)17-37(3,35)36)25-13-30-28(11-24(23)25)32-21-8-9-29-26(10-21)20-12-31-34(16-20)22-4-5-22/h6-13,16,18-19,22H,4-5,14-15,17H2,1-3H3,(H,29,30,32). The van der Waals surface area contributed by atoms with E-state index >= 15 is 0 Å². The van der Waals surface area contributed by atoms with Crippen LogP contribution >= 0.6 is 0 Å². The van der Waals surface area contributed by atoms with Crippen LogP contribution in [-0.2, 0) is 9.84 Å². The molecule has 0 atom stereocenters. The van der Waals surface area contributed by atoms with Gasteiger partial charge < -0.3 is 10.2 Å². The quantitative estimate of drug-likeness (QED) is 0.345. The van der Waals surface area contributed by atoms with Gasteiger partial charge in [-0.15, -0.1) is 0 Å². The van der Waals surface area contributed by atoms with E-state index < -0.39 is 9.84 Å². The first kappa shape index (κ1) is 23.9. The molecule has 4 heterocycles. The van der Waals surface area contributed by atoms with Crippen molar-refractivity contribution in [2.24, 2.45) is 5.92 Å². The predicted octanol–water partition coefficient (Wildman–Crippen LogP) is 5.18. The fourth-order valence-electron chi connectivity index (χ4n) is 5.22. The van der Waals surface area contributed by atoms with Gasteiger partial charge in [0.1, 0.15) is 15.7 Å². The van der Waals surface area contributed by atoms with E-state index in [1.807, 2.05) is 35.4 Å². The molecule has 0 spiro atoms. The first-order chi connectivity index (χ1) is 17.7. The Morgan fingerprint density at radius 1 is 1.05 bits per heavy atom. The molecule has 0 radical (unpaired) electrons. The molecule has 4 aromatic rings. The molecule has 192 valence electrons. The van der Waals surface area contributed by atoms with Gasteiger partial charge in [-0.25, -0.2) is 13.4 Å². The van der Waals surface area contributed by atoms with E-state index in [4.69, 9.17) is 4.98 Å². The second-order valence-corrected chi connectivity index (χ2v) is 13.0. The van der Waals surface area contributed by atoms with Crippen LogP contribution in [-0.4, -0.2) is 53.3 Å². The van der Waals surface area contributed by atoms with Gasteiger partial charge in [-0.2, -0.15) is 5.10 Å². The van der Waals surface area contributed by atoms with Crippen LogP contribution in [0.4, 0.5) is 17.2 Å². The zero-order chi connectivity index (χ0) is 25.7. The lowest BCUT2D eigenvalue weighted by atomic mass is 9.93.